The molecule has 1 aliphatic heterocycles. The van der Waals surface area contributed by atoms with Crippen LogP contribution in [0.2, 0.25) is 0 Å². The predicted octanol–water partition coefficient (Wildman–Crippen LogP) is -0.00170. The highest BCUT2D eigenvalue weighted by Gasteiger charge is 2.19. The molecule has 0 aromatic carbocycles. The number of fused-ring (bicyclic) bond motifs is 1. The highest BCUT2D eigenvalue weighted by atomic mass is 15.3. The molecular weight excluding hydrogens is 178 g/mol. The summed E-state index contributed by atoms with van der Waals surface area (Å²) in [5.41, 5.74) is 7.60. The Balaban J connectivity index is 2.09. The third kappa shape index (κ3) is 1.06. The topological polar surface area (TPSA) is 68.2 Å². The van der Waals surface area contributed by atoms with Crippen LogP contribution in [0.4, 0.5) is 5.82 Å². The normalized spacial score (nSPS) is 17.1. The second kappa shape index (κ2) is 2.68. The van der Waals surface area contributed by atoms with Gasteiger partial charge >= 0.3 is 0 Å². The van der Waals surface area contributed by atoms with Gasteiger partial charge in [-0.25, -0.2) is 9.50 Å². The van der Waals surface area contributed by atoms with E-state index in [4.69, 9.17) is 5.73 Å². The molecule has 1 aliphatic rings. The first-order chi connectivity index (χ1) is 6.83. The van der Waals surface area contributed by atoms with Crippen LogP contribution in [0.1, 0.15) is 11.5 Å². The number of aromatic nitrogens is 3. The number of nitrogens with two attached hydrogens (primary N) is 1. The van der Waals surface area contributed by atoms with E-state index < -0.39 is 0 Å². The van der Waals surface area contributed by atoms with E-state index in [0.29, 0.717) is 11.7 Å². The molecule has 0 amide bonds. The van der Waals surface area contributed by atoms with Crippen LogP contribution in [0.25, 0.3) is 5.65 Å². The highest BCUT2D eigenvalue weighted by molar-refractivity contribution is 5.47. The molecule has 0 spiro atoms. The molecule has 5 nitrogen and oxygen atoms in total. The van der Waals surface area contributed by atoms with Gasteiger partial charge in [0.2, 0.25) is 0 Å². The number of hydrogen-bond acceptors (Lipinski definition) is 4. The van der Waals surface area contributed by atoms with Crippen LogP contribution in [0.15, 0.2) is 18.5 Å². The summed E-state index contributed by atoms with van der Waals surface area (Å²) in [7, 11) is 0. The first-order valence-electron chi connectivity index (χ1n) is 4.64. The molecular formula is C9H11N5. The van der Waals surface area contributed by atoms with E-state index in [1.165, 1.54) is 5.56 Å². The van der Waals surface area contributed by atoms with E-state index in [1.807, 2.05) is 12.4 Å². The highest BCUT2D eigenvalue weighted by Crippen LogP contribution is 2.19. The Labute approximate surface area is 80.9 Å². The molecule has 0 aliphatic carbocycles. The van der Waals surface area contributed by atoms with E-state index >= 15 is 0 Å². The summed E-state index contributed by atoms with van der Waals surface area (Å²) < 4.78 is 1.74. The summed E-state index contributed by atoms with van der Waals surface area (Å²) in [6.07, 6.45) is 3.91. The van der Waals surface area contributed by atoms with Crippen molar-refractivity contribution in [3.05, 3.63) is 24.0 Å². The van der Waals surface area contributed by atoms with Crippen LogP contribution < -0.4 is 11.1 Å². The summed E-state index contributed by atoms with van der Waals surface area (Å²) in [4.78, 5) is 4.30. The lowest BCUT2D eigenvalue weighted by atomic mass is 9.97. The molecule has 14 heavy (non-hydrogen) atoms. The van der Waals surface area contributed by atoms with Gasteiger partial charge < -0.3 is 11.1 Å². The summed E-state index contributed by atoms with van der Waals surface area (Å²) in [6.45, 7) is 2.06. The Morgan fingerprint density at radius 2 is 2.36 bits per heavy atom. The molecule has 0 bridgehead atoms. The van der Waals surface area contributed by atoms with Gasteiger partial charge in [-0.05, 0) is 5.56 Å². The van der Waals surface area contributed by atoms with Crippen molar-refractivity contribution in [3.63, 3.8) is 0 Å². The molecule has 1 fully saturated rings. The van der Waals surface area contributed by atoms with Crippen LogP contribution in [0, 0.1) is 0 Å². The number of nitrogens with zero attached hydrogens (tertiary/aromatic N) is 3. The lowest BCUT2D eigenvalue weighted by Gasteiger charge is -2.26. The van der Waals surface area contributed by atoms with Gasteiger partial charge in [-0.15, -0.1) is 5.10 Å². The maximum atomic E-state index is 5.58. The maximum Gasteiger partial charge on any atom is 0.157 e. The molecule has 0 unspecified atom stereocenters. The van der Waals surface area contributed by atoms with Crippen molar-refractivity contribution < 1.29 is 0 Å². The van der Waals surface area contributed by atoms with Crippen molar-refractivity contribution in [2.45, 2.75) is 5.92 Å². The van der Waals surface area contributed by atoms with Crippen LogP contribution in [0.5, 0.6) is 0 Å². The van der Waals surface area contributed by atoms with E-state index in [0.717, 1.165) is 18.7 Å². The number of nitrogens with one attached hydrogen (secondary N) is 1. The lowest BCUT2D eigenvalue weighted by Crippen LogP contribution is -2.40. The predicted molar refractivity (Wildman–Crippen MR) is 53.0 cm³/mol. The van der Waals surface area contributed by atoms with Crippen molar-refractivity contribution in [1.82, 2.24) is 19.9 Å². The molecule has 1 saturated heterocycles. The fourth-order valence-corrected chi connectivity index (χ4v) is 1.64. The first-order valence-corrected chi connectivity index (χ1v) is 4.64. The lowest BCUT2D eigenvalue weighted by molar-refractivity contribution is 0.445. The van der Waals surface area contributed by atoms with E-state index in [2.05, 4.69) is 15.4 Å². The van der Waals surface area contributed by atoms with Crippen LogP contribution in [0.3, 0.4) is 0 Å². The standard InChI is InChI=1S/C9H11N5/c10-8-1-9-12-4-7(5-14(9)13-8)6-2-11-3-6/h1,4-6,11H,2-3H2,(H2,10,13). The van der Waals surface area contributed by atoms with Crippen molar-refractivity contribution in [2.24, 2.45) is 0 Å². The van der Waals surface area contributed by atoms with Gasteiger partial charge in [-0.3, -0.25) is 0 Å². The Morgan fingerprint density at radius 3 is 3.07 bits per heavy atom. The number of nitrogen functional groups attached to an aromatic ring is 1. The summed E-state index contributed by atoms with van der Waals surface area (Å²) in [5, 5.41) is 7.36. The zero-order chi connectivity index (χ0) is 9.54. The fraction of sp³-hybridized carbons (Fsp3) is 0.333. The van der Waals surface area contributed by atoms with Crippen molar-refractivity contribution in [2.75, 3.05) is 18.8 Å². The zero-order valence-electron chi connectivity index (χ0n) is 7.64. The van der Waals surface area contributed by atoms with Crippen molar-refractivity contribution in [3.8, 4) is 0 Å². The smallest absolute Gasteiger partial charge is 0.157 e. The summed E-state index contributed by atoms with van der Waals surface area (Å²) >= 11 is 0. The molecule has 2 aromatic heterocycles. The minimum atomic E-state index is 0.515. The second-order valence-electron chi connectivity index (χ2n) is 3.61. The van der Waals surface area contributed by atoms with Gasteiger partial charge in [-0.2, -0.15) is 0 Å². The van der Waals surface area contributed by atoms with Crippen molar-refractivity contribution >= 4 is 11.5 Å². The van der Waals surface area contributed by atoms with Gasteiger partial charge in [-0.1, -0.05) is 0 Å². The zero-order valence-corrected chi connectivity index (χ0v) is 7.64. The Bertz CT molecular complexity index is 471. The average Bonchev–Trinajstić information content (AvgIpc) is 2.40. The van der Waals surface area contributed by atoms with E-state index in [-0.39, 0.29) is 0 Å². The van der Waals surface area contributed by atoms with Gasteiger partial charge in [0.15, 0.2) is 5.65 Å². The molecule has 5 heteroatoms. The molecule has 3 N–H and O–H groups in total. The molecule has 0 radical (unpaired) electrons. The number of rotatable bonds is 1. The Hall–Kier alpha value is -1.62. The Kier molecular flexibility index (Phi) is 1.49. The average molecular weight is 189 g/mol. The van der Waals surface area contributed by atoms with Gasteiger partial charge in [0.25, 0.3) is 0 Å². The van der Waals surface area contributed by atoms with E-state index in [1.54, 1.807) is 10.6 Å². The summed E-state index contributed by atoms with van der Waals surface area (Å²) in [6, 6.07) is 1.77. The minimum absolute atomic E-state index is 0.515. The molecule has 3 rings (SSSR count). The van der Waals surface area contributed by atoms with Gasteiger partial charge in [0, 0.05) is 37.5 Å². The Morgan fingerprint density at radius 1 is 1.50 bits per heavy atom. The van der Waals surface area contributed by atoms with E-state index in [9.17, 15) is 0 Å². The van der Waals surface area contributed by atoms with Gasteiger partial charge in [0.05, 0.1) is 0 Å². The largest absolute Gasteiger partial charge is 0.382 e. The van der Waals surface area contributed by atoms with Crippen LogP contribution in [-0.4, -0.2) is 27.7 Å². The van der Waals surface area contributed by atoms with Crippen molar-refractivity contribution in [1.29, 1.82) is 0 Å². The third-order valence-electron chi connectivity index (χ3n) is 2.61. The fourth-order valence-electron chi connectivity index (χ4n) is 1.64. The molecule has 72 valence electrons. The maximum absolute atomic E-state index is 5.58. The minimum Gasteiger partial charge on any atom is -0.382 e. The van der Waals surface area contributed by atoms with Crippen LogP contribution >= 0.6 is 0 Å². The van der Waals surface area contributed by atoms with Gasteiger partial charge in [0.1, 0.15) is 5.82 Å². The molecule has 0 saturated carbocycles. The molecule has 2 aromatic rings. The monoisotopic (exact) mass is 189 g/mol. The summed E-state index contributed by atoms with van der Waals surface area (Å²) in [5.74, 6) is 1.10. The first kappa shape index (κ1) is 7.75. The van der Waals surface area contributed by atoms with Crippen LogP contribution in [-0.2, 0) is 0 Å². The molecule has 0 atom stereocenters. The second-order valence-corrected chi connectivity index (χ2v) is 3.61. The molecule has 3 heterocycles. The number of anilines is 1. The number of hydrogen-bond donors (Lipinski definition) is 2. The third-order valence-corrected chi connectivity index (χ3v) is 2.61. The quantitative estimate of drug-likeness (QED) is 0.662. The SMILES string of the molecule is Nc1cc2ncc(C3CNC3)cn2n1.